The molecule has 0 atom stereocenters. The molecule has 0 bridgehead atoms. The molecule has 0 aliphatic carbocycles. The quantitative estimate of drug-likeness (QED) is 0.897. The van der Waals surface area contributed by atoms with Gasteiger partial charge in [-0.15, -0.1) is 0 Å². The summed E-state index contributed by atoms with van der Waals surface area (Å²) in [5.41, 5.74) is 2.95. The van der Waals surface area contributed by atoms with E-state index in [9.17, 15) is 0 Å². The van der Waals surface area contributed by atoms with Crippen molar-refractivity contribution in [2.24, 2.45) is 0 Å². The minimum Gasteiger partial charge on any atom is -0.495 e. The van der Waals surface area contributed by atoms with Crippen LogP contribution in [0.1, 0.15) is 16.7 Å². The van der Waals surface area contributed by atoms with Crippen LogP contribution in [0, 0.1) is 11.3 Å². The lowest BCUT2D eigenvalue weighted by Crippen LogP contribution is -2.12. The van der Waals surface area contributed by atoms with Gasteiger partial charge in [0.25, 0.3) is 0 Å². The van der Waals surface area contributed by atoms with Crippen LogP contribution in [0.5, 0.6) is 5.75 Å². The number of methoxy groups -OCH3 is 1. The van der Waals surface area contributed by atoms with Crippen molar-refractivity contribution in [3.8, 4) is 11.8 Å². The number of nitrogens with one attached hydrogen (secondary N) is 1. The average Bonchev–Trinajstić information content (AvgIpc) is 2.91. The molecule has 3 nitrogen and oxygen atoms in total. The Labute approximate surface area is 111 Å². The van der Waals surface area contributed by atoms with E-state index in [1.165, 1.54) is 5.56 Å². The summed E-state index contributed by atoms with van der Waals surface area (Å²) in [5.74, 6) is 0.624. The van der Waals surface area contributed by atoms with E-state index in [1.54, 1.807) is 18.4 Å². The number of thiophene rings is 1. The Balaban J connectivity index is 1.96. The van der Waals surface area contributed by atoms with Gasteiger partial charge in [0.1, 0.15) is 11.8 Å². The number of hydrogen-bond acceptors (Lipinski definition) is 4. The van der Waals surface area contributed by atoms with Gasteiger partial charge in [-0.1, -0.05) is 6.07 Å². The lowest BCUT2D eigenvalue weighted by molar-refractivity contribution is 0.413. The molecule has 4 heteroatoms. The van der Waals surface area contributed by atoms with Crippen LogP contribution < -0.4 is 10.1 Å². The van der Waals surface area contributed by atoms with E-state index < -0.39 is 0 Å². The van der Waals surface area contributed by atoms with Crippen LogP contribution in [-0.2, 0) is 13.1 Å². The molecular weight excluding hydrogens is 244 g/mol. The largest absolute Gasteiger partial charge is 0.495 e. The van der Waals surface area contributed by atoms with Gasteiger partial charge in [0, 0.05) is 13.1 Å². The lowest BCUT2D eigenvalue weighted by atomic mass is 10.1. The summed E-state index contributed by atoms with van der Waals surface area (Å²) in [6.07, 6.45) is 0. The van der Waals surface area contributed by atoms with Crippen molar-refractivity contribution in [3.63, 3.8) is 0 Å². The van der Waals surface area contributed by atoms with Crippen LogP contribution >= 0.6 is 11.3 Å². The summed E-state index contributed by atoms with van der Waals surface area (Å²) in [6, 6.07) is 9.91. The van der Waals surface area contributed by atoms with Crippen molar-refractivity contribution in [1.29, 1.82) is 5.26 Å². The Kier molecular flexibility index (Phi) is 4.35. The Morgan fingerprint density at radius 3 is 2.78 bits per heavy atom. The molecule has 18 heavy (non-hydrogen) atoms. The molecule has 0 aliphatic rings. The van der Waals surface area contributed by atoms with Gasteiger partial charge < -0.3 is 10.1 Å². The van der Waals surface area contributed by atoms with E-state index in [-0.39, 0.29) is 0 Å². The minimum absolute atomic E-state index is 0.576. The first-order chi connectivity index (χ1) is 8.83. The van der Waals surface area contributed by atoms with Crippen LogP contribution in [0.4, 0.5) is 0 Å². The number of nitrogens with zero attached hydrogens (tertiary/aromatic N) is 1. The fraction of sp³-hybridized carbons (Fsp3) is 0.214. The summed E-state index contributed by atoms with van der Waals surface area (Å²) in [6.45, 7) is 1.59. The van der Waals surface area contributed by atoms with Crippen LogP contribution in [-0.4, -0.2) is 7.11 Å². The van der Waals surface area contributed by atoms with Gasteiger partial charge >= 0.3 is 0 Å². The second kappa shape index (κ2) is 6.20. The average molecular weight is 258 g/mol. The number of benzene rings is 1. The summed E-state index contributed by atoms with van der Waals surface area (Å²) in [7, 11) is 1.57. The van der Waals surface area contributed by atoms with Gasteiger partial charge in [-0.05, 0) is 40.1 Å². The summed E-state index contributed by atoms with van der Waals surface area (Å²) in [5, 5.41) is 16.5. The van der Waals surface area contributed by atoms with Crippen LogP contribution in [0.15, 0.2) is 35.0 Å². The predicted molar refractivity (Wildman–Crippen MR) is 72.6 cm³/mol. The van der Waals surface area contributed by atoms with Crippen molar-refractivity contribution in [2.45, 2.75) is 13.1 Å². The van der Waals surface area contributed by atoms with E-state index in [0.717, 1.165) is 18.7 Å². The molecule has 0 saturated heterocycles. The normalized spacial score (nSPS) is 10.0. The minimum atomic E-state index is 0.576. The number of rotatable bonds is 5. The molecule has 0 saturated carbocycles. The fourth-order valence-corrected chi connectivity index (χ4v) is 2.37. The zero-order chi connectivity index (χ0) is 12.8. The van der Waals surface area contributed by atoms with Crippen molar-refractivity contribution < 1.29 is 4.74 Å². The second-order valence-electron chi connectivity index (χ2n) is 3.88. The molecule has 0 unspecified atom stereocenters. The Hall–Kier alpha value is -1.83. The van der Waals surface area contributed by atoms with E-state index in [4.69, 9.17) is 10.00 Å². The first kappa shape index (κ1) is 12.6. The maximum absolute atomic E-state index is 9.00. The first-order valence-corrected chi connectivity index (χ1v) is 6.56. The van der Waals surface area contributed by atoms with Crippen molar-refractivity contribution >= 4 is 11.3 Å². The zero-order valence-corrected chi connectivity index (χ0v) is 11.0. The van der Waals surface area contributed by atoms with Gasteiger partial charge in [-0.3, -0.25) is 0 Å². The van der Waals surface area contributed by atoms with Gasteiger partial charge in [-0.2, -0.15) is 16.6 Å². The third-order valence-electron chi connectivity index (χ3n) is 2.62. The van der Waals surface area contributed by atoms with E-state index in [1.807, 2.05) is 18.2 Å². The number of nitriles is 1. The molecule has 1 aromatic carbocycles. The molecule has 1 heterocycles. The number of ether oxygens (including phenoxy) is 1. The molecule has 0 aliphatic heterocycles. The highest BCUT2D eigenvalue weighted by molar-refractivity contribution is 7.07. The third kappa shape index (κ3) is 3.10. The molecule has 0 amide bonds. The molecule has 2 rings (SSSR count). The monoisotopic (exact) mass is 258 g/mol. The van der Waals surface area contributed by atoms with E-state index in [2.05, 4.69) is 28.2 Å². The lowest BCUT2D eigenvalue weighted by Gasteiger charge is -2.07. The summed E-state index contributed by atoms with van der Waals surface area (Å²) < 4.78 is 5.11. The molecule has 0 radical (unpaired) electrons. The SMILES string of the molecule is COc1ccc(CNCc2ccsc2)cc1C#N. The van der Waals surface area contributed by atoms with Crippen LogP contribution in [0.2, 0.25) is 0 Å². The summed E-state index contributed by atoms with van der Waals surface area (Å²) >= 11 is 1.70. The Bertz CT molecular complexity index is 543. The highest BCUT2D eigenvalue weighted by atomic mass is 32.1. The van der Waals surface area contributed by atoms with Gasteiger partial charge in [0.2, 0.25) is 0 Å². The molecule has 2 aromatic rings. The molecule has 1 N–H and O–H groups in total. The van der Waals surface area contributed by atoms with Crippen molar-refractivity contribution in [2.75, 3.05) is 7.11 Å². The smallest absolute Gasteiger partial charge is 0.136 e. The molecule has 1 aromatic heterocycles. The van der Waals surface area contributed by atoms with E-state index >= 15 is 0 Å². The fourth-order valence-electron chi connectivity index (χ4n) is 1.70. The molecule has 0 spiro atoms. The molecule has 92 valence electrons. The maximum atomic E-state index is 9.00. The first-order valence-electron chi connectivity index (χ1n) is 5.62. The van der Waals surface area contributed by atoms with Crippen LogP contribution in [0.25, 0.3) is 0 Å². The number of hydrogen-bond donors (Lipinski definition) is 1. The highest BCUT2D eigenvalue weighted by Gasteiger charge is 2.03. The standard InChI is InChI=1S/C14H14N2OS/c1-17-14-3-2-11(6-13(14)7-15)8-16-9-12-4-5-18-10-12/h2-6,10,16H,8-9H2,1H3. The Morgan fingerprint density at radius 1 is 1.28 bits per heavy atom. The van der Waals surface area contributed by atoms with Gasteiger partial charge in [-0.25, -0.2) is 0 Å². The maximum Gasteiger partial charge on any atom is 0.136 e. The van der Waals surface area contributed by atoms with Gasteiger partial charge in [0.15, 0.2) is 0 Å². The second-order valence-corrected chi connectivity index (χ2v) is 4.66. The predicted octanol–water partition coefficient (Wildman–Crippen LogP) is 2.92. The Morgan fingerprint density at radius 2 is 2.11 bits per heavy atom. The molecular formula is C14H14N2OS. The van der Waals surface area contributed by atoms with Crippen molar-refractivity contribution in [1.82, 2.24) is 5.32 Å². The topological polar surface area (TPSA) is 45.0 Å². The summed E-state index contributed by atoms with van der Waals surface area (Å²) in [4.78, 5) is 0. The molecule has 0 fully saturated rings. The highest BCUT2D eigenvalue weighted by Crippen LogP contribution is 2.18. The van der Waals surface area contributed by atoms with Gasteiger partial charge in [0.05, 0.1) is 12.7 Å². The zero-order valence-electron chi connectivity index (χ0n) is 10.1. The third-order valence-corrected chi connectivity index (χ3v) is 3.35. The van der Waals surface area contributed by atoms with Crippen LogP contribution in [0.3, 0.4) is 0 Å². The van der Waals surface area contributed by atoms with Crippen molar-refractivity contribution in [3.05, 3.63) is 51.7 Å². The van der Waals surface area contributed by atoms with E-state index in [0.29, 0.717) is 11.3 Å².